The first-order valence-electron chi connectivity index (χ1n) is 5.53. The van der Waals surface area contributed by atoms with Crippen molar-refractivity contribution in [2.75, 3.05) is 11.9 Å². The van der Waals surface area contributed by atoms with Crippen LogP contribution in [0.2, 0.25) is 0 Å². The van der Waals surface area contributed by atoms with E-state index in [2.05, 4.69) is 27.8 Å². The zero-order valence-corrected chi connectivity index (χ0v) is 10.4. The van der Waals surface area contributed by atoms with E-state index in [9.17, 15) is 0 Å². The Morgan fingerprint density at radius 1 is 1.44 bits per heavy atom. The highest BCUT2D eigenvalue weighted by Gasteiger charge is 2.26. The SMILES string of the molecule is ClC1CC(CNc2nccc3sccc23)C1. The second kappa shape index (κ2) is 4.22. The molecule has 0 saturated heterocycles. The number of hydrogen-bond acceptors (Lipinski definition) is 3. The quantitative estimate of drug-likeness (QED) is 0.842. The second-order valence-corrected chi connectivity index (χ2v) is 5.87. The number of rotatable bonds is 3. The molecular formula is C12H13ClN2S. The van der Waals surface area contributed by atoms with Crippen LogP contribution in [0.25, 0.3) is 10.1 Å². The van der Waals surface area contributed by atoms with Gasteiger partial charge in [-0.15, -0.1) is 22.9 Å². The van der Waals surface area contributed by atoms with E-state index < -0.39 is 0 Å². The fourth-order valence-corrected chi connectivity index (χ4v) is 3.38. The normalized spacial score (nSPS) is 24.3. The Morgan fingerprint density at radius 2 is 2.31 bits per heavy atom. The summed E-state index contributed by atoms with van der Waals surface area (Å²) in [5.74, 6) is 1.73. The van der Waals surface area contributed by atoms with Gasteiger partial charge in [-0.25, -0.2) is 4.98 Å². The second-order valence-electron chi connectivity index (χ2n) is 4.31. The molecular weight excluding hydrogens is 240 g/mol. The number of fused-ring (bicyclic) bond motifs is 1. The lowest BCUT2D eigenvalue weighted by molar-refractivity contribution is 0.341. The molecule has 0 radical (unpaired) electrons. The molecule has 0 amide bonds. The van der Waals surface area contributed by atoms with Crippen LogP contribution in [0.1, 0.15) is 12.8 Å². The fraction of sp³-hybridized carbons (Fsp3) is 0.417. The number of halogens is 1. The monoisotopic (exact) mass is 252 g/mol. The maximum absolute atomic E-state index is 5.96. The highest BCUT2D eigenvalue weighted by Crippen LogP contribution is 2.32. The Balaban J connectivity index is 1.71. The van der Waals surface area contributed by atoms with E-state index in [1.165, 1.54) is 10.1 Å². The van der Waals surface area contributed by atoms with Gasteiger partial charge in [-0.1, -0.05) is 0 Å². The summed E-state index contributed by atoms with van der Waals surface area (Å²) in [7, 11) is 0. The van der Waals surface area contributed by atoms with Gasteiger partial charge >= 0.3 is 0 Å². The molecule has 1 saturated carbocycles. The van der Waals surface area contributed by atoms with Crippen LogP contribution in [0.4, 0.5) is 5.82 Å². The summed E-state index contributed by atoms with van der Waals surface area (Å²) >= 11 is 7.72. The molecule has 0 atom stereocenters. The third-order valence-corrected chi connectivity index (χ3v) is 4.35. The molecule has 0 aliphatic heterocycles. The average molecular weight is 253 g/mol. The number of aromatic nitrogens is 1. The van der Waals surface area contributed by atoms with Crippen molar-refractivity contribution >= 4 is 38.8 Å². The molecule has 0 aromatic carbocycles. The van der Waals surface area contributed by atoms with E-state index in [1.807, 2.05) is 6.20 Å². The Morgan fingerprint density at radius 3 is 3.12 bits per heavy atom. The van der Waals surface area contributed by atoms with E-state index in [-0.39, 0.29) is 0 Å². The molecule has 1 aliphatic rings. The van der Waals surface area contributed by atoms with Gasteiger partial charge in [0.2, 0.25) is 0 Å². The van der Waals surface area contributed by atoms with Crippen molar-refractivity contribution in [1.29, 1.82) is 0 Å². The number of pyridine rings is 1. The third-order valence-electron chi connectivity index (χ3n) is 3.12. The van der Waals surface area contributed by atoms with Crippen LogP contribution in [0.15, 0.2) is 23.7 Å². The molecule has 0 bridgehead atoms. The van der Waals surface area contributed by atoms with Crippen LogP contribution in [-0.2, 0) is 0 Å². The molecule has 2 nitrogen and oxygen atoms in total. The number of nitrogens with zero attached hydrogens (tertiary/aromatic N) is 1. The van der Waals surface area contributed by atoms with Crippen molar-refractivity contribution in [3.8, 4) is 0 Å². The van der Waals surface area contributed by atoms with E-state index in [0.29, 0.717) is 5.38 Å². The van der Waals surface area contributed by atoms with Crippen molar-refractivity contribution in [2.45, 2.75) is 18.2 Å². The first-order valence-corrected chi connectivity index (χ1v) is 6.84. The zero-order chi connectivity index (χ0) is 11.0. The standard InChI is InChI=1S/C12H13ClN2S/c13-9-5-8(6-9)7-15-12-10-2-4-16-11(10)1-3-14-12/h1-4,8-9H,5-7H2,(H,14,15). The predicted molar refractivity (Wildman–Crippen MR) is 70.5 cm³/mol. The van der Waals surface area contributed by atoms with E-state index in [4.69, 9.17) is 11.6 Å². The fourth-order valence-electron chi connectivity index (χ4n) is 2.10. The van der Waals surface area contributed by atoms with Gasteiger partial charge in [0.05, 0.1) is 0 Å². The number of hydrogen-bond donors (Lipinski definition) is 1. The summed E-state index contributed by atoms with van der Waals surface area (Å²) in [6.07, 6.45) is 4.13. The van der Waals surface area contributed by atoms with Gasteiger partial charge in [0.1, 0.15) is 5.82 Å². The maximum Gasteiger partial charge on any atom is 0.134 e. The van der Waals surface area contributed by atoms with Crippen LogP contribution in [-0.4, -0.2) is 16.9 Å². The predicted octanol–water partition coefficient (Wildman–Crippen LogP) is 3.73. The smallest absolute Gasteiger partial charge is 0.134 e. The minimum atomic E-state index is 0.400. The molecule has 1 fully saturated rings. The van der Waals surface area contributed by atoms with Gasteiger partial charge in [0.15, 0.2) is 0 Å². The van der Waals surface area contributed by atoms with E-state index in [0.717, 1.165) is 31.1 Å². The molecule has 84 valence electrons. The Bertz CT molecular complexity index is 490. The van der Waals surface area contributed by atoms with Gasteiger partial charge in [0, 0.05) is 28.2 Å². The van der Waals surface area contributed by atoms with Crippen molar-refractivity contribution in [1.82, 2.24) is 4.98 Å². The summed E-state index contributed by atoms with van der Waals surface area (Å²) in [6, 6.07) is 4.18. The van der Waals surface area contributed by atoms with Crippen LogP contribution in [0.5, 0.6) is 0 Å². The van der Waals surface area contributed by atoms with Crippen molar-refractivity contribution in [3.05, 3.63) is 23.7 Å². The molecule has 1 aliphatic carbocycles. The molecule has 2 aromatic heterocycles. The summed E-state index contributed by atoms with van der Waals surface area (Å²) in [5.41, 5.74) is 0. The average Bonchev–Trinajstić information content (AvgIpc) is 2.71. The van der Waals surface area contributed by atoms with Crippen molar-refractivity contribution in [3.63, 3.8) is 0 Å². The third kappa shape index (κ3) is 1.89. The van der Waals surface area contributed by atoms with Crippen molar-refractivity contribution < 1.29 is 0 Å². The van der Waals surface area contributed by atoms with Crippen molar-refractivity contribution in [2.24, 2.45) is 5.92 Å². The summed E-state index contributed by atoms with van der Waals surface area (Å²) in [6.45, 7) is 0.991. The van der Waals surface area contributed by atoms with Crippen LogP contribution in [0, 0.1) is 5.92 Å². The molecule has 1 N–H and O–H groups in total. The molecule has 0 unspecified atom stereocenters. The summed E-state index contributed by atoms with van der Waals surface area (Å²) in [5, 5.41) is 7.17. The Labute approximate surface area is 104 Å². The minimum absolute atomic E-state index is 0.400. The van der Waals surface area contributed by atoms with Gasteiger partial charge in [-0.05, 0) is 36.3 Å². The number of anilines is 1. The number of alkyl halides is 1. The summed E-state index contributed by atoms with van der Waals surface area (Å²) < 4.78 is 1.29. The van der Waals surface area contributed by atoms with E-state index >= 15 is 0 Å². The molecule has 4 heteroatoms. The lowest BCUT2D eigenvalue weighted by atomic mass is 9.85. The van der Waals surface area contributed by atoms with Gasteiger partial charge in [-0.3, -0.25) is 0 Å². The molecule has 0 spiro atoms. The van der Waals surface area contributed by atoms with Gasteiger partial charge in [0.25, 0.3) is 0 Å². The number of thiophene rings is 1. The highest BCUT2D eigenvalue weighted by molar-refractivity contribution is 7.17. The lowest BCUT2D eigenvalue weighted by Gasteiger charge is -2.31. The first-order chi connectivity index (χ1) is 7.83. The Hall–Kier alpha value is -0.800. The molecule has 2 aromatic rings. The van der Waals surface area contributed by atoms with Crippen LogP contribution in [0.3, 0.4) is 0 Å². The lowest BCUT2D eigenvalue weighted by Crippen LogP contribution is -2.30. The topological polar surface area (TPSA) is 24.9 Å². The maximum atomic E-state index is 5.96. The van der Waals surface area contributed by atoms with Gasteiger partial charge in [-0.2, -0.15) is 0 Å². The molecule has 2 heterocycles. The summed E-state index contributed by atoms with van der Waals surface area (Å²) in [4.78, 5) is 4.39. The van der Waals surface area contributed by atoms with Crippen LogP contribution < -0.4 is 5.32 Å². The first kappa shape index (κ1) is 10.4. The van der Waals surface area contributed by atoms with Crippen LogP contribution >= 0.6 is 22.9 Å². The Kier molecular flexibility index (Phi) is 2.74. The molecule has 16 heavy (non-hydrogen) atoms. The molecule has 3 rings (SSSR count). The van der Waals surface area contributed by atoms with E-state index in [1.54, 1.807) is 11.3 Å². The zero-order valence-electron chi connectivity index (χ0n) is 8.82. The highest BCUT2D eigenvalue weighted by atomic mass is 35.5. The number of nitrogens with one attached hydrogen (secondary N) is 1. The largest absolute Gasteiger partial charge is 0.369 e. The minimum Gasteiger partial charge on any atom is -0.369 e. The van der Waals surface area contributed by atoms with Gasteiger partial charge < -0.3 is 5.32 Å².